The van der Waals surface area contributed by atoms with Crippen LogP contribution in [0.2, 0.25) is 0 Å². The van der Waals surface area contributed by atoms with Crippen LogP contribution in [0.15, 0.2) is 41.6 Å². The topological polar surface area (TPSA) is 90.1 Å². The van der Waals surface area contributed by atoms with Crippen LogP contribution in [0.4, 0.5) is 21.5 Å². The van der Waals surface area contributed by atoms with Gasteiger partial charge in [-0.05, 0) is 42.5 Å². The molecular formula is C21H24FN7OS. The zero-order chi connectivity index (χ0) is 22.0. The van der Waals surface area contributed by atoms with Crippen molar-refractivity contribution in [2.45, 2.75) is 13.3 Å². The summed E-state index contributed by atoms with van der Waals surface area (Å²) in [6, 6.07) is 8.43. The number of hydrogen-bond acceptors (Lipinski definition) is 6. The van der Waals surface area contributed by atoms with E-state index in [-0.39, 0.29) is 11.7 Å². The van der Waals surface area contributed by atoms with Crippen molar-refractivity contribution in [1.29, 1.82) is 0 Å². The first-order valence-corrected chi connectivity index (χ1v) is 10.5. The van der Waals surface area contributed by atoms with Gasteiger partial charge in [-0.3, -0.25) is 15.2 Å². The summed E-state index contributed by atoms with van der Waals surface area (Å²) in [4.78, 5) is 22.0. The number of nitrogens with one attached hydrogen (secondary N) is 1. The summed E-state index contributed by atoms with van der Waals surface area (Å²) in [7, 11) is 0. The minimum atomic E-state index is -0.316. The van der Waals surface area contributed by atoms with Gasteiger partial charge < -0.3 is 20.4 Å². The summed E-state index contributed by atoms with van der Waals surface area (Å²) >= 11 is 5.52. The standard InChI is InChI=1S/C21H24FN7OS/c1-14(30)29-8-6-17(20-19(29)3-2-7-24-20)25-26-21(31)28-11-9-27(10-12-28)18-5-4-15(23)13-16(18)22/h2-5,7,13H,6,8-12,23H2,1H3,(H,26,31)/b25-17-. The van der Waals surface area contributed by atoms with Crippen molar-refractivity contribution in [3.8, 4) is 0 Å². The number of carbonyl (C=O) groups excluding carboxylic acids is 1. The van der Waals surface area contributed by atoms with Gasteiger partial charge in [-0.25, -0.2) is 4.39 Å². The maximum Gasteiger partial charge on any atom is 0.223 e. The van der Waals surface area contributed by atoms with Crippen LogP contribution in [0, 0.1) is 5.82 Å². The molecule has 3 N–H and O–H groups in total. The Morgan fingerprint density at radius 1 is 1.19 bits per heavy atom. The molecule has 162 valence electrons. The van der Waals surface area contributed by atoms with Crippen LogP contribution in [0.5, 0.6) is 0 Å². The van der Waals surface area contributed by atoms with E-state index in [1.54, 1.807) is 36.2 Å². The predicted molar refractivity (Wildman–Crippen MR) is 124 cm³/mol. The smallest absolute Gasteiger partial charge is 0.223 e. The average molecular weight is 442 g/mol. The maximum atomic E-state index is 14.2. The number of hydrogen-bond donors (Lipinski definition) is 2. The van der Waals surface area contributed by atoms with Crippen LogP contribution in [0.3, 0.4) is 0 Å². The lowest BCUT2D eigenvalue weighted by atomic mass is 10.1. The number of nitrogens with zero attached hydrogens (tertiary/aromatic N) is 5. The average Bonchev–Trinajstić information content (AvgIpc) is 2.77. The number of rotatable bonds is 2. The number of fused-ring (bicyclic) bond motifs is 1. The van der Waals surface area contributed by atoms with E-state index in [1.807, 2.05) is 15.9 Å². The van der Waals surface area contributed by atoms with E-state index in [1.165, 1.54) is 6.07 Å². The molecule has 0 aliphatic carbocycles. The number of carbonyl (C=O) groups is 1. The van der Waals surface area contributed by atoms with Crippen molar-refractivity contribution in [3.63, 3.8) is 0 Å². The van der Waals surface area contributed by atoms with Crippen molar-refractivity contribution < 1.29 is 9.18 Å². The molecule has 1 aromatic carbocycles. The molecule has 0 spiro atoms. The van der Waals surface area contributed by atoms with E-state index in [0.717, 1.165) is 11.4 Å². The summed E-state index contributed by atoms with van der Waals surface area (Å²) in [5.41, 5.74) is 11.8. The first-order chi connectivity index (χ1) is 14.9. The van der Waals surface area contributed by atoms with Gasteiger partial charge in [0.05, 0.1) is 17.1 Å². The number of benzene rings is 1. The summed E-state index contributed by atoms with van der Waals surface area (Å²) in [5.74, 6) is -0.337. The minimum absolute atomic E-state index is 0.0211. The molecule has 1 fully saturated rings. The highest BCUT2D eigenvalue weighted by Crippen LogP contribution is 2.26. The molecule has 1 amide bonds. The van der Waals surface area contributed by atoms with E-state index < -0.39 is 0 Å². The Balaban J connectivity index is 1.39. The van der Waals surface area contributed by atoms with Crippen molar-refractivity contribution in [2.75, 3.05) is 48.3 Å². The zero-order valence-corrected chi connectivity index (χ0v) is 18.0. The first kappa shape index (κ1) is 21.0. The maximum absolute atomic E-state index is 14.2. The zero-order valence-electron chi connectivity index (χ0n) is 17.2. The van der Waals surface area contributed by atoms with Crippen molar-refractivity contribution >= 4 is 46.0 Å². The van der Waals surface area contributed by atoms with Gasteiger partial charge in [-0.2, -0.15) is 5.10 Å². The van der Waals surface area contributed by atoms with Crippen LogP contribution in [0.1, 0.15) is 19.0 Å². The molecule has 1 saturated heterocycles. The number of aromatic nitrogens is 1. The van der Waals surface area contributed by atoms with Gasteiger partial charge in [-0.1, -0.05) is 0 Å². The molecule has 0 saturated carbocycles. The summed E-state index contributed by atoms with van der Waals surface area (Å²) < 4.78 is 14.2. The van der Waals surface area contributed by atoms with Gasteiger partial charge in [0, 0.05) is 58.0 Å². The van der Waals surface area contributed by atoms with E-state index in [2.05, 4.69) is 15.5 Å². The van der Waals surface area contributed by atoms with Gasteiger partial charge in [0.2, 0.25) is 5.91 Å². The van der Waals surface area contributed by atoms with Crippen LogP contribution < -0.4 is 21.0 Å². The molecule has 2 aromatic rings. The number of anilines is 3. The molecule has 8 nitrogen and oxygen atoms in total. The number of piperazine rings is 1. The van der Waals surface area contributed by atoms with E-state index in [9.17, 15) is 9.18 Å². The largest absolute Gasteiger partial charge is 0.399 e. The van der Waals surface area contributed by atoms with Gasteiger partial charge in [0.15, 0.2) is 5.11 Å². The molecule has 10 heteroatoms. The Kier molecular flexibility index (Phi) is 5.99. The molecule has 3 heterocycles. The molecule has 2 aliphatic rings. The summed E-state index contributed by atoms with van der Waals surface area (Å²) in [6.45, 7) is 4.66. The van der Waals surface area contributed by atoms with Crippen LogP contribution in [0.25, 0.3) is 0 Å². The highest BCUT2D eigenvalue weighted by Gasteiger charge is 2.26. The van der Waals surface area contributed by atoms with Gasteiger partial charge >= 0.3 is 0 Å². The van der Waals surface area contributed by atoms with Gasteiger partial charge in [0.25, 0.3) is 0 Å². The van der Waals surface area contributed by atoms with Gasteiger partial charge in [-0.15, -0.1) is 0 Å². The SMILES string of the molecule is CC(=O)N1CC/C(=N/NC(=S)N2CCN(c3ccc(N)cc3F)CC2)c2ncccc21. The Labute approximate surface area is 185 Å². The Bertz CT molecular complexity index is 1040. The Morgan fingerprint density at radius 3 is 2.68 bits per heavy atom. The molecule has 31 heavy (non-hydrogen) atoms. The third-order valence-electron chi connectivity index (χ3n) is 5.47. The molecule has 4 rings (SSSR count). The van der Waals surface area contributed by atoms with Crippen LogP contribution in [-0.4, -0.2) is 59.3 Å². The number of nitrogen functional groups attached to an aromatic ring is 1. The lowest BCUT2D eigenvalue weighted by Gasteiger charge is -2.37. The predicted octanol–water partition coefficient (Wildman–Crippen LogP) is 1.96. The van der Waals surface area contributed by atoms with E-state index in [0.29, 0.717) is 61.3 Å². The lowest BCUT2D eigenvalue weighted by molar-refractivity contribution is -0.116. The molecule has 0 unspecified atom stereocenters. The van der Waals surface area contributed by atoms with E-state index in [4.69, 9.17) is 18.0 Å². The van der Waals surface area contributed by atoms with Crippen LogP contribution in [-0.2, 0) is 4.79 Å². The number of pyridine rings is 1. The van der Waals surface area contributed by atoms with Crippen molar-refractivity contribution in [3.05, 3.63) is 48.0 Å². The minimum Gasteiger partial charge on any atom is -0.399 e. The number of halogens is 1. The van der Waals surface area contributed by atoms with E-state index >= 15 is 0 Å². The lowest BCUT2D eigenvalue weighted by Crippen LogP contribution is -2.51. The summed E-state index contributed by atoms with van der Waals surface area (Å²) in [5, 5.41) is 5.00. The van der Waals surface area contributed by atoms with Crippen LogP contribution >= 0.6 is 12.2 Å². The molecule has 1 aromatic heterocycles. The number of nitrogens with two attached hydrogens (primary N) is 1. The summed E-state index contributed by atoms with van der Waals surface area (Å²) in [6.07, 6.45) is 2.27. The second kappa shape index (κ2) is 8.84. The monoisotopic (exact) mass is 441 g/mol. The molecule has 0 bridgehead atoms. The quantitative estimate of drug-likeness (QED) is 0.418. The third kappa shape index (κ3) is 4.43. The fourth-order valence-corrected chi connectivity index (χ4v) is 4.07. The number of amides is 1. The second-order valence-corrected chi connectivity index (χ2v) is 7.84. The Hall–Kier alpha value is -3.27. The molecular weight excluding hydrogens is 417 g/mol. The normalized spacial score (nSPS) is 17.5. The fourth-order valence-electron chi connectivity index (χ4n) is 3.85. The van der Waals surface area contributed by atoms with Gasteiger partial charge in [0.1, 0.15) is 11.5 Å². The molecule has 0 atom stereocenters. The number of hydrazone groups is 1. The van der Waals surface area contributed by atoms with Crippen molar-refractivity contribution in [2.24, 2.45) is 5.10 Å². The molecule has 0 radical (unpaired) electrons. The highest BCUT2D eigenvalue weighted by molar-refractivity contribution is 7.80. The highest BCUT2D eigenvalue weighted by atomic mass is 32.1. The van der Waals surface area contributed by atoms with Crippen molar-refractivity contribution in [1.82, 2.24) is 15.3 Å². The number of thiocarbonyl (C=S) groups is 1. The first-order valence-electron chi connectivity index (χ1n) is 10.1. The molecule has 2 aliphatic heterocycles. The third-order valence-corrected chi connectivity index (χ3v) is 5.82. The fraction of sp³-hybridized carbons (Fsp3) is 0.333. The Morgan fingerprint density at radius 2 is 1.97 bits per heavy atom. The second-order valence-electron chi connectivity index (χ2n) is 7.45.